The standard InChI is InChI=1S/C87H64N4Si2/c1-8-30-63(31-9-1)67-38-26-42-71(56-67)85-88-86(90-87(89-85)91-83-54-24-22-52-81(83)82-53-23-25-55-84(82)91)72-60-79(92(73-43-16-5-17-44-73,74-45-18-6-19-46-74)76-49-27-39-68(57-76)64-32-10-2-11-33-64)62-80(61-72)93(75-47-20-7-21-48-75,77-50-28-40-69(58-77)65-34-12-3-13-35-65)78-51-29-41-70(59-78)66-36-14-4-15-37-66/h1-62,87H,(H,88,89,90). The quantitative estimate of drug-likeness (QED) is 0.0807. The molecular weight excluding hydrogens is 1160 g/mol. The van der Waals surface area contributed by atoms with Crippen LogP contribution in [0.2, 0.25) is 0 Å². The van der Waals surface area contributed by atoms with Gasteiger partial charge in [0.25, 0.3) is 0 Å². The Morgan fingerprint density at radius 1 is 0.237 bits per heavy atom. The average molecular weight is 1220 g/mol. The molecule has 0 spiro atoms. The normalized spacial score (nSPS) is 13.3. The van der Waals surface area contributed by atoms with Gasteiger partial charge in [0.05, 0.1) is 11.0 Å². The van der Waals surface area contributed by atoms with Gasteiger partial charge in [0.1, 0.15) is 5.84 Å². The van der Waals surface area contributed by atoms with E-state index < -0.39 is 22.4 Å². The van der Waals surface area contributed by atoms with Gasteiger partial charge in [-0.1, -0.05) is 358 Å². The molecule has 1 N–H and O–H groups in total. The first-order valence-corrected chi connectivity index (χ1v) is 36.0. The molecule has 1 aliphatic heterocycles. The van der Waals surface area contributed by atoms with E-state index in [2.05, 4.69) is 386 Å². The van der Waals surface area contributed by atoms with Gasteiger partial charge in [0, 0.05) is 21.9 Å². The van der Waals surface area contributed by atoms with E-state index in [1.54, 1.807) is 0 Å². The Morgan fingerprint density at radius 3 is 0.925 bits per heavy atom. The van der Waals surface area contributed by atoms with Crippen molar-refractivity contribution < 1.29 is 0 Å². The fourth-order valence-electron chi connectivity index (χ4n) is 14.5. The lowest BCUT2D eigenvalue weighted by Crippen LogP contribution is -2.78. The number of hydrogen-bond donors (Lipinski definition) is 1. The van der Waals surface area contributed by atoms with E-state index in [1.807, 2.05) is 0 Å². The summed E-state index contributed by atoms with van der Waals surface area (Å²) in [6, 6.07) is 140. The highest BCUT2D eigenvalue weighted by atomic mass is 28.3. The highest BCUT2D eigenvalue weighted by Crippen LogP contribution is 2.34. The molecule has 6 heteroatoms. The van der Waals surface area contributed by atoms with Crippen LogP contribution in [-0.2, 0) is 0 Å². The van der Waals surface area contributed by atoms with Crippen LogP contribution in [0.15, 0.2) is 386 Å². The summed E-state index contributed by atoms with van der Waals surface area (Å²) in [5.74, 6) is 1.37. The van der Waals surface area contributed by atoms with Gasteiger partial charge in [0.15, 0.2) is 22.0 Å². The number of aliphatic imine (C=N–C) groups is 2. The minimum Gasteiger partial charge on any atom is -0.331 e. The van der Waals surface area contributed by atoms with Crippen molar-refractivity contribution in [2.24, 2.45) is 9.98 Å². The molecule has 0 aliphatic carbocycles. The molecule has 15 aromatic rings. The summed E-state index contributed by atoms with van der Waals surface area (Å²) in [5.41, 5.74) is 13.3. The molecule has 0 fully saturated rings. The molecule has 14 aromatic carbocycles. The topological polar surface area (TPSA) is 41.7 Å². The van der Waals surface area contributed by atoms with Crippen molar-refractivity contribution in [3.05, 3.63) is 387 Å². The molecule has 0 bridgehead atoms. The van der Waals surface area contributed by atoms with Crippen LogP contribution in [0.3, 0.4) is 0 Å². The Hall–Kier alpha value is -11.5. The van der Waals surface area contributed by atoms with Crippen molar-refractivity contribution in [1.82, 2.24) is 9.88 Å². The third kappa shape index (κ3) is 10.4. The van der Waals surface area contributed by atoms with Crippen LogP contribution >= 0.6 is 0 Å². The monoisotopic (exact) mass is 1220 g/mol. The van der Waals surface area contributed by atoms with Gasteiger partial charge in [0.2, 0.25) is 6.29 Å². The van der Waals surface area contributed by atoms with Gasteiger partial charge in [-0.15, -0.1) is 0 Å². The first-order valence-electron chi connectivity index (χ1n) is 32.0. The van der Waals surface area contributed by atoms with Crippen molar-refractivity contribution in [3.8, 4) is 44.5 Å². The lowest BCUT2D eigenvalue weighted by Gasteiger charge is -2.39. The first kappa shape index (κ1) is 56.7. The first-order chi connectivity index (χ1) is 46.1. The fraction of sp³-hybridized carbons (Fsp3) is 0.0115. The van der Waals surface area contributed by atoms with Crippen LogP contribution in [0.1, 0.15) is 17.4 Å². The summed E-state index contributed by atoms with van der Waals surface area (Å²) in [4.78, 5) is 11.6. The lowest BCUT2D eigenvalue weighted by atomic mass is 10.0. The minimum atomic E-state index is -3.56. The van der Waals surface area contributed by atoms with E-state index in [-0.39, 0.29) is 0 Å². The van der Waals surface area contributed by atoms with Gasteiger partial charge in [-0.3, -0.25) is 0 Å². The number of fused-ring (bicyclic) bond motifs is 3. The number of hydrogen-bond acceptors (Lipinski definition) is 3. The molecule has 4 nitrogen and oxygen atoms in total. The Balaban J connectivity index is 1.06. The smallest absolute Gasteiger partial charge is 0.204 e. The fourth-order valence-corrected chi connectivity index (χ4v) is 24.3. The number of nitrogens with one attached hydrogen (secondary N) is 1. The molecule has 93 heavy (non-hydrogen) atoms. The molecule has 0 radical (unpaired) electrons. The molecule has 0 amide bonds. The molecule has 1 atom stereocenters. The van der Waals surface area contributed by atoms with Crippen LogP contribution in [-0.4, -0.2) is 32.4 Å². The molecule has 2 heterocycles. The third-order valence-electron chi connectivity index (χ3n) is 18.7. The summed E-state index contributed by atoms with van der Waals surface area (Å²) >= 11 is 0. The zero-order chi connectivity index (χ0) is 62.0. The summed E-state index contributed by atoms with van der Waals surface area (Å²) in [6.45, 7) is 0. The summed E-state index contributed by atoms with van der Waals surface area (Å²) in [6.07, 6.45) is -0.612. The van der Waals surface area contributed by atoms with Crippen LogP contribution in [0.4, 0.5) is 0 Å². The van der Waals surface area contributed by atoms with Gasteiger partial charge >= 0.3 is 0 Å². The van der Waals surface area contributed by atoms with Crippen molar-refractivity contribution in [1.29, 1.82) is 0 Å². The van der Waals surface area contributed by atoms with Gasteiger partial charge in [-0.2, -0.15) is 0 Å². The predicted octanol–water partition coefficient (Wildman–Crippen LogP) is 15.2. The summed E-state index contributed by atoms with van der Waals surface area (Å²) in [5, 5.41) is 16.6. The number of aromatic nitrogens is 1. The number of nitrogens with zero attached hydrogens (tertiary/aromatic N) is 3. The number of rotatable bonds is 15. The Kier molecular flexibility index (Phi) is 15.0. The Labute approximate surface area is 545 Å². The second kappa shape index (κ2) is 24.7. The molecule has 16 rings (SSSR count). The summed E-state index contributed by atoms with van der Waals surface area (Å²) in [7, 11) is -7.03. The van der Waals surface area contributed by atoms with E-state index in [0.717, 1.165) is 50.2 Å². The highest BCUT2D eigenvalue weighted by Gasteiger charge is 2.47. The highest BCUT2D eigenvalue weighted by molar-refractivity contribution is 7.22. The predicted molar refractivity (Wildman–Crippen MR) is 397 cm³/mol. The molecule has 1 aliphatic rings. The molecule has 0 saturated heterocycles. The van der Waals surface area contributed by atoms with Crippen LogP contribution in [0.5, 0.6) is 0 Å². The number of benzene rings is 14. The van der Waals surface area contributed by atoms with E-state index in [9.17, 15) is 0 Å². The molecule has 440 valence electrons. The second-order valence-electron chi connectivity index (χ2n) is 24.0. The maximum absolute atomic E-state index is 5.89. The van der Waals surface area contributed by atoms with Gasteiger partial charge in [-0.05, 0) is 104 Å². The van der Waals surface area contributed by atoms with Crippen LogP contribution < -0.4 is 46.8 Å². The summed E-state index contributed by atoms with van der Waals surface area (Å²) < 4.78 is 2.38. The third-order valence-corrected chi connectivity index (χ3v) is 28.2. The van der Waals surface area contributed by atoms with Crippen molar-refractivity contribution in [2.45, 2.75) is 6.29 Å². The number of para-hydroxylation sites is 2. The van der Waals surface area contributed by atoms with Crippen molar-refractivity contribution in [3.63, 3.8) is 0 Å². The molecular formula is C87H64N4Si2. The van der Waals surface area contributed by atoms with E-state index in [1.165, 1.54) is 74.5 Å². The van der Waals surface area contributed by atoms with E-state index in [4.69, 9.17) is 9.98 Å². The van der Waals surface area contributed by atoms with E-state index >= 15 is 0 Å². The van der Waals surface area contributed by atoms with Crippen molar-refractivity contribution in [2.75, 3.05) is 0 Å². The van der Waals surface area contributed by atoms with Crippen molar-refractivity contribution >= 4 is 91.1 Å². The molecule has 1 unspecified atom stereocenters. The van der Waals surface area contributed by atoms with E-state index in [0.29, 0.717) is 5.84 Å². The Morgan fingerprint density at radius 2 is 0.527 bits per heavy atom. The second-order valence-corrected chi connectivity index (χ2v) is 31.6. The SMILES string of the molecule is c1ccc(-c2cccc(C3=NC(n4c5ccccc5c5ccccc54)NC(c4cc([Si](c5ccccc5)(c5ccccc5)c5cccc(-c6ccccc6)c5)cc([Si](c5ccccc5)(c5cccc(-c6ccccc6)c5)c5cccc(-c6ccccc6)c5)c4)=N3)c2)cc1. The molecule has 1 aromatic heterocycles. The molecule has 0 saturated carbocycles. The average Bonchev–Trinajstić information content (AvgIpc) is 1.27. The van der Waals surface area contributed by atoms with Crippen LogP contribution in [0.25, 0.3) is 66.3 Å². The Bertz CT molecular complexity index is 5050. The van der Waals surface area contributed by atoms with Crippen LogP contribution in [0, 0.1) is 0 Å². The maximum atomic E-state index is 5.89. The van der Waals surface area contributed by atoms with Gasteiger partial charge < -0.3 is 9.88 Å². The maximum Gasteiger partial charge on any atom is 0.204 e. The zero-order valence-electron chi connectivity index (χ0n) is 51.2. The number of amidine groups is 2. The largest absolute Gasteiger partial charge is 0.331 e. The minimum absolute atomic E-state index is 0.612. The van der Waals surface area contributed by atoms with Gasteiger partial charge in [-0.25, -0.2) is 9.98 Å². The lowest BCUT2D eigenvalue weighted by molar-refractivity contribution is 0.516. The zero-order valence-corrected chi connectivity index (χ0v) is 53.2.